The molecule has 1 rings (SSSR count). The number of benzene rings is 1. The van der Waals surface area contributed by atoms with Crippen molar-refractivity contribution in [3.8, 4) is 0 Å². The Labute approximate surface area is 130 Å². The first-order chi connectivity index (χ1) is 9.47. The Hall–Kier alpha value is -0.330. The van der Waals surface area contributed by atoms with Crippen LogP contribution in [0.5, 0.6) is 0 Å². The van der Waals surface area contributed by atoms with Crippen LogP contribution >= 0.6 is 23.2 Å². The van der Waals surface area contributed by atoms with E-state index in [9.17, 15) is 8.42 Å². The van der Waals surface area contributed by atoms with Crippen molar-refractivity contribution < 1.29 is 13.2 Å². The van der Waals surface area contributed by atoms with E-state index in [4.69, 9.17) is 27.9 Å². The first-order valence-corrected chi connectivity index (χ1v) is 8.73. The summed E-state index contributed by atoms with van der Waals surface area (Å²) in [5.74, 6) is 0. The van der Waals surface area contributed by atoms with Crippen LogP contribution in [0, 0.1) is 0 Å². The molecule has 0 unspecified atom stereocenters. The van der Waals surface area contributed by atoms with Gasteiger partial charge in [-0.3, -0.25) is 0 Å². The van der Waals surface area contributed by atoms with Gasteiger partial charge in [-0.05, 0) is 31.0 Å². The van der Waals surface area contributed by atoms with Gasteiger partial charge in [-0.2, -0.15) is 0 Å². The number of hydrogen-bond donors (Lipinski definition) is 1. The number of halogens is 2. The smallest absolute Gasteiger partial charge is 0.242 e. The number of nitrogens with one attached hydrogen (secondary N) is 1. The van der Waals surface area contributed by atoms with E-state index in [1.807, 2.05) is 0 Å². The van der Waals surface area contributed by atoms with Gasteiger partial charge in [0, 0.05) is 24.8 Å². The lowest BCUT2D eigenvalue weighted by atomic mass is 10.4. The zero-order valence-electron chi connectivity index (χ0n) is 11.4. The fourth-order valence-corrected chi connectivity index (χ4v) is 3.32. The molecule has 0 saturated heterocycles. The largest absolute Gasteiger partial charge is 0.381 e. The zero-order valence-corrected chi connectivity index (χ0v) is 13.7. The van der Waals surface area contributed by atoms with Crippen LogP contribution < -0.4 is 4.72 Å². The van der Waals surface area contributed by atoms with Crippen LogP contribution in [0.3, 0.4) is 0 Å². The van der Waals surface area contributed by atoms with Crippen LogP contribution in [-0.2, 0) is 14.8 Å². The maximum atomic E-state index is 12.0. The highest BCUT2D eigenvalue weighted by molar-refractivity contribution is 7.89. The van der Waals surface area contributed by atoms with Gasteiger partial charge in [0.2, 0.25) is 10.0 Å². The molecule has 4 nitrogen and oxygen atoms in total. The van der Waals surface area contributed by atoms with Crippen LogP contribution in [0.4, 0.5) is 0 Å². The highest BCUT2D eigenvalue weighted by atomic mass is 35.5. The van der Waals surface area contributed by atoms with Crippen LogP contribution in [0.1, 0.15) is 26.2 Å². The summed E-state index contributed by atoms with van der Waals surface area (Å²) in [6, 6.07) is 4.35. The normalized spacial score (nSPS) is 11.8. The molecule has 0 saturated carbocycles. The molecule has 20 heavy (non-hydrogen) atoms. The lowest BCUT2D eigenvalue weighted by Gasteiger charge is -2.09. The second-order valence-electron chi connectivity index (χ2n) is 4.29. The molecule has 0 aromatic heterocycles. The summed E-state index contributed by atoms with van der Waals surface area (Å²) in [6.07, 6.45) is 2.71. The molecule has 1 N–H and O–H groups in total. The fraction of sp³-hybridized carbons (Fsp3) is 0.538. The lowest BCUT2D eigenvalue weighted by molar-refractivity contribution is 0.130. The number of hydrogen-bond acceptors (Lipinski definition) is 3. The Kier molecular flexibility index (Phi) is 7.84. The van der Waals surface area contributed by atoms with Gasteiger partial charge in [0.15, 0.2) is 0 Å². The molecule has 0 heterocycles. The van der Waals surface area contributed by atoms with Gasteiger partial charge in [0.25, 0.3) is 0 Å². The summed E-state index contributed by atoms with van der Waals surface area (Å²) >= 11 is 11.7. The third-order valence-corrected chi connectivity index (χ3v) is 4.76. The number of unbranched alkanes of at least 4 members (excludes halogenated alkanes) is 1. The first-order valence-electron chi connectivity index (χ1n) is 6.50. The van der Waals surface area contributed by atoms with Crippen molar-refractivity contribution in [2.45, 2.75) is 31.1 Å². The van der Waals surface area contributed by atoms with E-state index < -0.39 is 10.0 Å². The summed E-state index contributed by atoms with van der Waals surface area (Å²) in [5, 5.41) is 0.485. The highest BCUT2D eigenvalue weighted by Gasteiger charge is 2.17. The van der Waals surface area contributed by atoms with Crippen molar-refractivity contribution in [2.24, 2.45) is 0 Å². The van der Waals surface area contributed by atoms with E-state index in [1.165, 1.54) is 12.1 Å². The second kappa shape index (κ2) is 8.85. The van der Waals surface area contributed by atoms with Crippen molar-refractivity contribution in [1.82, 2.24) is 4.72 Å². The van der Waals surface area contributed by atoms with Gasteiger partial charge in [-0.25, -0.2) is 13.1 Å². The quantitative estimate of drug-likeness (QED) is 0.700. The van der Waals surface area contributed by atoms with Crippen molar-refractivity contribution >= 4 is 33.2 Å². The highest BCUT2D eigenvalue weighted by Crippen LogP contribution is 2.24. The van der Waals surface area contributed by atoms with Crippen molar-refractivity contribution in [3.63, 3.8) is 0 Å². The van der Waals surface area contributed by atoms with Crippen LogP contribution in [-0.4, -0.2) is 28.2 Å². The van der Waals surface area contributed by atoms with E-state index in [-0.39, 0.29) is 9.92 Å². The lowest BCUT2D eigenvalue weighted by Crippen LogP contribution is -2.26. The Morgan fingerprint density at radius 1 is 1.20 bits per heavy atom. The van der Waals surface area contributed by atoms with Gasteiger partial charge in [0.1, 0.15) is 4.90 Å². The van der Waals surface area contributed by atoms with E-state index in [2.05, 4.69) is 11.6 Å². The molecule has 1 aromatic rings. The Morgan fingerprint density at radius 2 is 1.90 bits per heavy atom. The molecule has 0 aliphatic rings. The molecule has 0 aliphatic heterocycles. The van der Waals surface area contributed by atoms with Crippen molar-refractivity contribution in [2.75, 3.05) is 19.8 Å². The summed E-state index contributed by atoms with van der Waals surface area (Å²) in [7, 11) is -3.63. The van der Waals surface area contributed by atoms with Crippen LogP contribution in [0.15, 0.2) is 23.1 Å². The third-order valence-electron chi connectivity index (χ3n) is 2.58. The summed E-state index contributed by atoms with van der Waals surface area (Å²) in [4.78, 5) is -0.00133. The third kappa shape index (κ3) is 5.97. The van der Waals surface area contributed by atoms with Gasteiger partial charge in [-0.1, -0.05) is 36.5 Å². The number of ether oxygens (including phenoxy) is 1. The van der Waals surface area contributed by atoms with Gasteiger partial charge in [-0.15, -0.1) is 0 Å². The minimum absolute atomic E-state index is 0.00133. The van der Waals surface area contributed by atoms with Crippen LogP contribution in [0.25, 0.3) is 0 Å². The van der Waals surface area contributed by atoms with Gasteiger partial charge in [0.05, 0.1) is 5.02 Å². The maximum Gasteiger partial charge on any atom is 0.242 e. The predicted octanol–water partition coefficient (Wildman–Crippen LogP) is 3.48. The molecule has 0 amide bonds. The average molecular weight is 340 g/mol. The first kappa shape index (κ1) is 17.7. The predicted molar refractivity (Wildman–Crippen MR) is 82.0 cm³/mol. The van der Waals surface area contributed by atoms with Crippen molar-refractivity contribution in [3.05, 3.63) is 28.2 Å². The summed E-state index contributed by atoms with van der Waals surface area (Å²) < 4.78 is 31.9. The number of rotatable bonds is 9. The van der Waals surface area contributed by atoms with Crippen molar-refractivity contribution in [1.29, 1.82) is 0 Å². The molecular weight excluding hydrogens is 321 g/mol. The van der Waals surface area contributed by atoms with E-state index in [0.717, 1.165) is 12.8 Å². The maximum absolute atomic E-state index is 12.0. The summed E-state index contributed by atoms with van der Waals surface area (Å²) in [6.45, 7) is 3.64. The number of sulfonamides is 1. The molecule has 7 heteroatoms. The monoisotopic (exact) mass is 339 g/mol. The topological polar surface area (TPSA) is 55.4 Å². The average Bonchev–Trinajstić information content (AvgIpc) is 2.40. The van der Waals surface area contributed by atoms with Gasteiger partial charge < -0.3 is 4.74 Å². The minimum atomic E-state index is -3.63. The Bertz CT molecular complexity index is 520. The molecule has 0 fully saturated rings. The van der Waals surface area contributed by atoms with E-state index in [0.29, 0.717) is 31.2 Å². The molecule has 0 bridgehead atoms. The van der Waals surface area contributed by atoms with Gasteiger partial charge >= 0.3 is 0 Å². The van der Waals surface area contributed by atoms with E-state index >= 15 is 0 Å². The minimum Gasteiger partial charge on any atom is -0.381 e. The molecule has 1 aromatic carbocycles. The molecular formula is C13H19Cl2NO3S. The van der Waals surface area contributed by atoms with Crippen LogP contribution in [0.2, 0.25) is 10.0 Å². The molecule has 0 aliphatic carbocycles. The fourth-order valence-electron chi connectivity index (χ4n) is 1.49. The molecule has 0 spiro atoms. The summed E-state index contributed by atoms with van der Waals surface area (Å²) in [5.41, 5.74) is 0. The Morgan fingerprint density at radius 3 is 2.60 bits per heavy atom. The second-order valence-corrected chi connectivity index (χ2v) is 6.87. The molecule has 114 valence electrons. The zero-order chi connectivity index (χ0) is 15.0. The van der Waals surface area contributed by atoms with E-state index in [1.54, 1.807) is 6.07 Å². The Balaban J connectivity index is 2.44. The standard InChI is InChI=1S/C13H19Cl2NO3S/c1-2-3-8-19-9-4-7-16-20(17,18)13-10-11(14)5-6-12(13)15/h5-6,10,16H,2-4,7-9H2,1H3. The molecule has 0 atom stereocenters. The SMILES string of the molecule is CCCCOCCCNS(=O)(=O)c1cc(Cl)ccc1Cl. The molecule has 0 radical (unpaired) electrons.